The first-order valence-electron chi connectivity index (χ1n) is 26.1. The van der Waals surface area contributed by atoms with Gasteiger partial charge in [0.2, 0.25) is 5.36 Å². The number of ether oxygens (including phenoxy) is 1. The molecule has 2 aromatic carbocycles. The predicted octanol–water partition coefficient (Wildman–Crippen LogP) is 13.4. The van der Waals surface area contributed by atoms with E-state index < -0.39 is 5.97 Å². The minimum atomic E-state index is -1.21. The molecule has 1 N–H and O–H groups in total. The van der Waals surface area contributed by atoms with Gasteiger partial charge in [-0.05, 0) is 68.0 Å². The molecule has 8 heteroatoms. The summed E-state index contributed by atoms with van der Waals surface area (Å²) in [6.45, 7) is 9.70. The van der Waals surface area contributed by atoms with Crippen LogP contribution in [-0.4, -0.2) is 44.8 Å². The van der Waals surface area contributed by atoms with E-state index in [4.69, 9.17) is 9.15 Å². The molecule has 0 atom stereocenters. The Bertz CT molecular complexity index is 2090. The van der Waals surface area contributed by atoms with Crippen molar-refractivity contribution in [2.75, 3.05) is 37.7 Å². The van der Waals surface area contributed by atoms with Crippen LogP contribution in [0.15, 0.2) is 77.9 Å². The van der Waals surface area contributed by atoms with Crippen LogP contribution in [0, 0.1) is 11.8 Å². The van der Waals surface area contributed by atoms with Crippen LogP contribution >= 0.6 is 0 Å². The number of carbonyl (C=O) groups is 2. The lowest BCUT2D eigenvalue weighted by molar-refractivity contribution is -0.254. The second kappa shape index (κ2) is 27.8. The van der Waals surface area contributed by atoms with E-state index in [0.29, 0.717) is 41.8 Å². The van der Waals surface area contributed by atoms with Crippen molar-refractivity contribution in [2.45, 2.75) is 174 Å². The number of unbranched alkanes of at least 4 members (excludes halogenated alkanes) is 15. The summed E-state index contributed by atoms with van der Waals surface area (Å²) in [6.07, 6.45) is 35.2. The Labute approximate surface area is 391 Å². The second-order valence-corrected chi connectivity index (χ2v) is 19.3. The summed E-state index contributed by atoms with van der Waals surface area (Å²) >= 11 is 0. The van der Waals surface area contributed by atoms with Crippen molar-refractivity contribution in [1.29, 1.82) is 0 Å². The van der Waals surface area contributed by atoms with Gasteiger partial charge in [-0.25, -0.2) is 9.37 Å². The average molecular weight is 888 g/mol. The summed E-state index contributed by atoms with van der Waals surface area (Å²) < 4.78 is 15.0. The van der Waals surface area contributed by atoms with Crippen LogP contribution in [0.3, 0.4) is 0 Å². The number of hydrogen-bond donors (Lipinski definition) is 1. The van der Waals surface area contributed by atoms with Gasteiger partial charge in [-0.3, -0.25) is 0 Å². The Morgan fingerprint density at radius 1 is 0.754 bits per heavy atom. The molecular formula is C57H81N3O5. The van der Waals surface area contributed by atoms with Gasteiger partial charge in [0.05, 0.1) is 12.0 Å². The molecule has 0 unspecified atom stereocenters. The van der Waals surface area contributed by atoms with Gasteiger partial charge in [-0.15, -0.1) is 0 Å². The Kier molecular flexibility index (Phi) is 21.3. The molecule has 0 radical (unpaired) electrons. The molecule has 4 aliphatic rings. The summed E-state index contributed by atoms with van der Waals surface area (Å²) in [7, 11) is 0. The summed E-state index contributed by atoms with van der Waals surface area (Å²) in [4.78, 5) is 27.6. The number of rotatable bonds is 28. The summed E-state index contributed by atoms with van der Waals surface area (Å²) in [5, 5.41) is 17.3. The minimum absolute atomic E-state index is 0.142. The summed E-state index contributed by atoms with van der Waals surface area (Å²) in [5.74, 6) is 0.625. The highest BCUT2D eigenvalue weighted by atomic mass is 16.5. The predicted molar refractivity (Wildman–Crippen MR) is 267 cm³/mol. The maximum atomic E-state index is 12.8. The van der Waals surface area contributed by atoms with Gasteiger partial charge < -0.3 is 29.3 Å². The van der Waals surface area contributed by atoms with Crippen LogP contribution in [0.4, 0.5) is 10.5 Å². The number of aromatic carboxylic acids is 1. The van der Waals surface area contributed by atoms with Crippen LogP contribution < -0.4 is 25.3 Å². The van der Waals surface area contributed by atoms with Gasteiger partial charge in [0.1, 0.15) is 17.9 Å². The van der Waals surface area contributed by atoms with Crippen LogP contribution in [0.5, 0.6) is 0 Å². The topological polar surface area (TPSA) is 97.9 Å². The minimum Gasteiger partial charge on any atom is -0.545 e. The highest BCUT2D eigenvalue weighted by Crippen LogP contribution is 2.42. The lowest BCUT2D eigenvalue weighted by atomic mass is 9.88. The molecule has 0 spiro atoms. The molecule has 65 heavy (non-hydrogen) atoms. The number of carboxylic acids is 1. The highest BCUT2D eigenvalue weighted by Gasteiger charge is 2.24. The molecule has 1 amide bonds. The zero-order valence-electron chi connectivity index (χ0n) is 40.1. The largest absolute Gasteiger partial charge is 0.545 e. The molecule has 2 saturated carbocycles. The number of hydrogen-bond acceptors (Lipinski definition) is 6. The van der Waals surface area contributed by atoms with Crippen LogP contribution in [-0.2, 0) is 4.74 Å². The fraction of sp³-hybridized carbons (Fsp3) is 0.596. The van der Waals surface area contributed by atoms with E-state index in [1.807, 2.05) is 18.3 Å². The third kappa shape index (κ3) is 15.8. The Hall–Kier alpha value is -4.59. The average Bonchev–Trinajstić information content (AvgIpc) is 3.33. The van der Waals surface area contributed by atoms with E-state index >= 15 is 0 Å². The molecule has 6 rings (SSSR count). The first-order valence-corrected chi connectivity index (χ1v) is 26.1. The van der Waals surface area contributed by atoms with E-state index in [1.165, 1.54) is 154 Å². The molecule has 3 aliphatic carbocycles. The van der Waals surface area contributed by atoms with E-state index in [9.17, 15) is 14.7 Å². The standard InChI is InChI=1S/C57H81N3O5/c1-3-5-6-7-8-9-10-11-12-13-14-15-16-17-18-27-38-58-57(63)64-40-39-60(44-46-30-23-20-24-31-46)48-35-37-52-54(42-48)65-53-41-47(59(4-2)43-45-28-21-19-22-29-45)34-36-51(53)55(52)49-32-25-26-33-50(49)56(61)62/h4,25-26,32-37,41-42,45-46H,2-3,5-24,27-31,38-40,43-44H2,1H3,(H-,58,61,62,63). The van der Waals surface area contributed by atoms with E-state index in [1.54, 1.807) is 12.1 Å². The van der Waals surface area contributed by atoms with Gasteiger partial charge in [-0.1, -0.05) is 173 Å². The van der Waals surface area contributed by atoms with Crippen LogP contribution in [0.1, 0.15) is 184 Å². The Morgan fingerprint density at radius 2 is 1.37 bits per heavy atom. The number of alkyl carbamates (subject to hydrolysis) is 1. The molecule has 354 valence electrons. The molecule has 0 aromatic heterocycles. The zero-order valence-corrected chi connectivity index (χ0v) is 40.1. The molecule has 0 saturated heterocycles. The zero-order chi connectivity index (χ0) is 45.5. The van der Waals surface area contributed by atoms with E-state index in [0.717, 1.165) is 53.5 Å². The van der Waals surface area contributed by atoms with Crippen LogP contribution in [0.2, 0.25) is 0 Å². The number of carbonyl (C=O) groups excluding carboxylic acids is 2. The van der Waals surface area contributed by atoms with Crippen molar-refractivity contribution in [3.8, 4) is 22.5 Å². The van der Waals surface area contributed by atoms with Crippen molar-refractivity contribution in [3.63, 3.8) is 0 Å². The van der Waals surface area contributed by atoms with Crippen LogP contribution in [0.25, 0.3) is 33.4 Å². The second-order valence-electron chi connectivity index (χ2n) is 19.3. The number of nitrogens with one attached hydrogen (secondary N) is 1. The molecule has 2 aromatic rings. The van der Waals surface area contributed by atoms with Crippen molar-refractivity contribution in [3.05, 3.63) is 84.4 Å². The third-order valence-electron chi connectivity index (χ3n) is 14.3. The van der Waals surface area contributed by atoms with Gasteiger partial charge >= 0.3 is 6.09 Å². The monoisotopic (exact) mass is 888 g/mol. The van der Waals surface area contributed by atoms with Crippen molar-refractivity contribution in [1.82, 2.24) is 9.89 Å². The molecule has 1 aliphatic heterocycles. The van der Waals surface area contributed by atoms with Crippen molar-refractivity contribution < 1.29 is 23.8 Å². The Balaban J connectivity index is 1.10. The van der Waals surface area contributed by atoms with Crippen molar-refractivity contribution >= 4 is 28.7 Å². The number of fused-ring (bicyclic) bond motifs is 2. The quantitative estimate of drug-likeness (QED) is 0.0347. The smallest absolute Gasteiger partial charge is 0.407 e. The van der Waals surface area contributed by atoms with Gasteiger partial charge in [0, 0.05) is 58.9 Å². The van der Waals surface area contributed by atoms with Gasteiger partial charge in [0.15, 0.2) is 13.2 Å². The fourth-order valence-electron chi connectivity index (χ4n) is 10.5. The fourth-order valence-corrected chi connectivity index (χ4v) is 10.5. The lowest BCUT2D eigenvalue weighted by Crippen LogP contribution is -2.38. The maximum absolute atomic E-state index is 12.8. The summed E-state index contributed by atoms with van der Waals surface area (Å²) in [5.41, 5.74) is 4.05. The molecular weight excluding hydrogens is 807 g/mol. The number of nitrogens with zero attached hydrogens (tertiary/aromatic N) is 2. The van der Waals surface area contributed by atoms with E-state index in [2.05, 4.69) is 64.7 Å². The number of benzene rings is 3. The molecule has 2 fully saturated rings. The van der Waals surface area contributed by atoms with Gasteiger partial charge in [0.25, 0.3) is 0 Å². The normalized spacial score (nSPS) is 15.3. The first kappa shape index (κ1) is 49.8. The Morgan fingerprint density at radius 3 is 2.00 bits per heavy atom. The maximum Gasteiger partial charge on any atom is 0.407 e. The third-order valence-corrected chi connectivity index (χ3v) is 14.3. The SMILES string of the molecule is C=CN(CC1CCCCC1)c1ccc2c(-c3ccccc3C(=O)[O-])c3ccc(=[N+](CCOC(=O)NCCCCCCCCCCCCCCCCCC)CC4CCCCC4)cc-3oc2c1. The van der Waals surface area contributed by atoms with E-state index in [-0.39, 0.29) is 18.3 Å². The highest BCUT2D eigenvalue weighted by molar-refractivity contribution is 6.07. The van der Waals surface area contributed by atoms with Gasteiger partial charge in [-0.2, -0.15) is 0 Å². The molecule has 0 bridgehead atoms. The lowest BCUT2D eigenvalue weighted by Gasteiger charge is -2.29. The molecule has 1 heterocycles. The summed E-state index contributed by atoms with van der Waals surface area (Å²) in [6, 6.07) is 19.6. The van der Waals surface area contributed by atoms with Crippen molar-refractivity contribution in [2.24, 2.45) is 11.8 Å². The first-order chi connectivity index (χ1) is 31.9. The number of amides is 1. The number of anilines is 1. The number of carboxylic acid groups (broad SMARTS) is 1. The molecule has 8 nitrogen and oxygen atoms in total.